The number of rotatable bonds is 18. The van der Waals surface area contributed by atoms with Crippen molar-refractivity contribution >= 4 is 5.97 Å². The Morgan fingerprint density at radius 2 is 1.38 bits per heavy atom. The Bertz CT molecular complexity index is 859. The van der Waals surface area contributed by atoms with Crippen LogP contribution in [0.2, 0.25) is 0 Å². The first kappa shape index (κ1) is 42.2. The largest absolute Gasteiger partial charge is 0.481 e. The van der Waals surface area contributed by atoms with Gasteiger partial charge in [0.05, 0.1) is 24.8 Å². The number of aliphatic carboxylic acids is 1. The van der Waals surface area contributed by atoms with Gasteiger partial charge in [-0.3, -0.25) is 4.79 Å². The first-order chi connectivity index (χ1) is 22.4. The van der Waals surface area contributed by atoms with E-state index >= 15 is 0 Å². The zero-order chi connectivity index (χ0) is 35.0. The van der Waals surface area contributed by atoms with E-state index in [1.165, 1.54) is 57.8 Å². The van der Waals surface area contributed by atoms with E-state index in [9.17, 15) is 20.1 Å². The van der Waals surface area contributed by atoms with E-state index in [-0.39, 0.29) is 18.8 Å². The smallest absolute Gasteiger partial charge is 0.303 e. The van der Waals surface area contributed by atoms with E-state index < -0.39 is 66.7 Å². The predicted molar refractivity (Wildman–Crippen MR) is 179 cm³/mol. The van der Waals surface area contributed by atoms with E-state index in [4.69, 9.17) is 47.0 Å². The van der Waals surface area contributed by atoms with Crippen LogP contribution in [0, 0.1) is 0 Å². The summed E-state index contributed by atoms with van der Waals surface area (Å²) in [4.78, 5) is 10.3. The molecule has 0 radical (unpaired) electrons. The molecule has 3 fully saturated rings. The molecule has 2 heterocycles. The molecule has 3 aliphatic rings. The summed E-state index contributed by atoms with van der Waals surface area (Å²) in [5.74, 6) is -0.657. The Morgan fingerprint density at radius 3 is 1.89 bits per heavy atom. The minimum absolute atomic E-state index is 0.0665. The standard InChI is InChI=1S/C19H39N5O7.C14H28O2/c1-19(27)7-28-18(13(26)16(19)24-2)31-15-11(23)5-10(22)14(12(15)25)30-17-9(21)4-3-8(6-20)29-17;1-2-3-4-5-6-7-8-9-10-11-12-13-14(15)16/h8-18,24-27H,3-7,20-23H2,1-2H3;2-13H2,1H3,(H,15,16)/t8-,9+,10-,11+,12+,13-,14+,15-,16+,17+,18+,19-;/m0./s1. The molecule has 278 valence electrons. The molecule has 2 saturated heterocycles. The Balaban J connectivity index is 0.000000407. The van der Waals surface area contributed by atoms with Crippen LogP contribution in [0.25, 0.3) is 0 Å². The molecule has 14 heteroatoms. The van der Waals surface area contributed by atoms with Crippen LogP contribution in [0.5, 0.6) is 0 Å². The number of hydrogen-bond donors (Lipinski definition) is 9. The lowest BCUT2D eigenvalue weighted by molar-refractivity contribution is -0.306. The molecule has 1 saturated carbocycles. The second kappa shape index (κ2) is 21.9. The molecule has 0 spiro atoms. The van der Waals surface area contributed by atoms with Gasteiger partial charge < -0.3 is 67.6 Å². The first-order valence-corrected chi connectivity index (χ1v) is 17.9. The molecular weight excluding hydrogens is 610 g/mol. The zero-order valence-electron chi connectivity index (χ0n) is 29.0. The number of unbranched alkanes of at least 4 members (excludes halogenated alkanes) is 10. The Labute approximate surface area is 281 Å². The van der Waals surface area contributed by atoms with Gasteiger partial charge >= 0.3 is 5.97 Å². The van der Waals surface area contributed by atoms with Crippen molar-refractivity contribution in [2.24, 2.45) is 22.9 Å². The third-order valence-corrected chi connectivity index (χ3v) is 9.54. The van der Waals surface area contributed by atoms with Gasteiger partial charge in [0.2, 0.25) is 0 Å². The van der Waals surface area contributed by atoms with Crippen LogP contribution in [0.1, 0.15) is 110 Å². The summed E-state index contributed by atoms with van der Waals surface area (Å²) >= 11 is 0. The minimum atomic E-state index is -1.29. The Morgan fingerprint density at radius 1 is 0.851 bits per heavy atom. The van der Waals surface area contributed by atoms with Gasteiger partial charge in [-0.1, -0.05) is 71.1 Å². The van der Waals surface area contributed by atoms with Gasteiger partial charge in [-0.15, -0.1) is 0 Å². The van der Waals surface area contributed by atoms with E-state index in [1.54, 1.807) is 14.0 Å². The van der Waals surface area contributed by atoms with Gasteiger partial charge in [0.1, 0.15) is 30.0 Å². The highest BCUT2D eigenvalue weighted by molar-refractivity contribution is 5.66. The second-order valence-corrected chi connectivity index (χ2v) is 13.8. The third-order valence-electron chi connectivity index (χ3n) is 9.54. The quantitative estimate of drug-likeness (QED) is 0.0910. The fraction of sp³-hybridized carbons (Fsp3) is 0.970. The van der Waals surface area contributed by atoms with Crippen molar-refractivity contribution in [3.63, 3.8) is 0 Å². The molecule has 14 nitrogen and oxygen atoms in total. The number of nitrogens with one attached hydrogen (secondary N) is 1. The van der Waals surface area contributed by atoms with Crippen LogP contribution in [0.4, 0.5) is 0 Å². The summed E-state index contributed by atoms with van der Waals surface area (Å²) in [5, 5.41) is 43.4. The number of nitrogens with two attached hydrogens (primary N) is 4. The number of hydrogen-bond acceptors (Lipinski definition) is 13. The van der Waals surface area contributed by atoms with Crippen LogP contribution in [0.15, 0.2) is 0 Å². The van der Waals surface area contributed by atoms with E-state index in [1.807, 2.05) is 0 Å². The van der Waals surface area contributed by atoms with Gasteiger partial charge in [-0.05, 0) is 39.7 Å². The number of carbonyl (C=O) groups is 1. The topological polar surface area (TPSA) is 251 Å². The molecule has 0 aromatic rings. The van der Waals surface area contributed by atoms with E-state index in [2.05, 4.69) is 12.2 Å². The van der Waals surface area contributed by atoms with Crippen molar-refractivity contribution in [2.75, 3.05) is 20.2 Å². The molecule has 0 aromatic heterocycles. The van der Waals surface area contributed by atoms with Gasteiger partial charge in [0, 0.05) is 25.0 Å². The second-order valence-electron chi connectivity index (χ2n) is 13.8. The number of carboxylic acids is 1. The number of aliphatic hydroxyl groups excluding tert-OH is 2. The summed E-state index contributed by atoms with van der Waals surface area (Å²) < 4.78 is 23.3. The van der Waals surface area contributed by atoms with Crippen molar-refractivity contribution in [1.29, 1.82) is 0 Å². The van der Waals surface area contributed by atoms with Gasteiger partial charge in [-0.2, -0.15) is 0 Å². The van der Waals surface area contributed by atoms with Crippen LogP contribution < -0.4 is 28.3 Å². The lowest BCUT2D eigenvalue weighted by Gasteiger charge is -2.48. The highest BCUT2D eigenvalue weighted by atomic mass is 16.7. The van der Waals surface area contributed by atoms with Crippen molar-refractivity contribution < 1.29 is 44.2 Å². The van der Waals surface area contributed by atoms with Crippen molar-refractivity contribution in [2.45, 2.75) is 183 Å². The first-order valence-electron chi connectivity index (χ1n) is 17.9. The zero-order valence-corrected chi connectivity index (χ0v) is 29.0. The molecule has 3 rings (SSSR count). The summed E-state index contributed by atoms with van der Waals surface area (Å²) in [6, 6.07) is -2.26. The molecule has 0 amide bonds. The molecule has 2 aliphatic heterocycles. The maximum atomic E-state index is 11.0. The SMILES string of the molecule is CCCCCCCCCCCCCC(=O)O.CN[C@@H]1[C@H](O)[C@@H](O[C@@H]2[C@H](O)[C@H](O[C@H]3O[C@H](CN)CC[C@H]3N)[C@@H](N)C[C@H]2N)OC[C@]1(C)O. The lowest BCUT2D eigenvalue weighted by Crippen LogP contribution is -2.68. The van der Waals surface area contributed by atoms with Crippen LogP contribution >= 0.6 is 0 Å². The number of ether oxygens (including phenoxy) is 4. The third kappa shape index (κ3) is 14.0. The van der Waals surface area contributed by atoms with Crippen molar-refractivity contribution in [3.8, 4) is 0 Å². The molecule has 0 aromatic carbocycles. The Hall–Kier alpha value is -1.01. The van der Waals surface area contributed by atoms with Crippen LogP contribution in [0.3, 0.4) is 0 Å². The number of likely N-dealkylation sites (N-methyl/N-ethyl adjacent to an activating group) is 1. The number of aliphatic hydroxyl groups is 3. The summed E-state index contributed by atoms with van der Waals surface area (Å²) in [6.45, 7) is 4.08. The Kier molecular flexibility index (Phi) is 19.7. The molecule has 0 unspecified atom stereocenters. The van der Waals surface area contributed by atoms with Gasteiger partial charge in [0.15, 0.2) is 12.6 Å². The molecular formula is C33H67N5O9. The van der Waals surface area contributed by atoms with Crippen molar-refractivity contribution in [3.05, 3.63) is 0 Å². The average molecular weight is 678 g/mol. The van der Waals surface area contributed by atoms with E-state index in [0.717, 1.165) is 19.3 Å². The highest BCUT2D eigenvalue weighted by Gasteiger charge is 2.50. The lowest BCUT2D eigenvalue weighted by atomic mass is 9.84. The fourth-order valence-electron chi connectivity index (χ4n) is 6.63. The monoisotopic (exact) mass is 677 g/mol. The molecule has 47 heavy (non-hydrogen) atoms. The molecule has 0 bridgehead atoms. The molecule has 12 atom stereocenters. The maximum Gasteiger partial charge on any atom is 0.303 e. The summed E-state index contributed by atoms with van der Waals surface area (Å²) in [6.07, 6.45) is 9.88. The minimum Gasteiger partial charge on any atom is -0.481 e. The summed E-state index contributed by atoms with van der Waals surface area (Å²) in [5.41, 5.74) is 23.0. The maximum absolute atomic E-state index is 11.0. The van der Waals surface area contributed by atoms with Gasteiger partial charge in [-0.25, -0.2) is 0 Å². The molecule has 13 N–H and O–H groups in total. The number of carboxylic acid groups (broad SMARTS) is 1. The van der Waals surface area contributed by atoms with Gasteiger partial charge in [0.25, 0.3) is 0 Å². The highest BCUT2D eigenvalue weighted by Crippen LogP contribution is 2.31. The normalized spacial score (nSPS) is 37.6. The van der Waals surface area contributed by atoms with Crippen LogP contribution in [-0.2, 0) is 23.7 Å². The predicted octanol–water partition coefficient (Wildman–Crippen LogP) is 0.795. The van der Waals surface area contributed by atoms with Crippen molar-refractivity contribution in [1.82, 2.24) is 5.32 Å². The molecule has 1 aliphatic carbocycles. The van der Waals surface area contributed by atoms with E-state index in [0.29, 0.717) is 25.8 Å². The summed E-state index contributed by atoms with van der Waals surface area (Å²) in [7, 11) is 1.62. The fourth-order valence-corrected chi connectivity index (χ4v) is 6.63. The van der Waals surface area contributed by atoms with Crippen LogP contribution in [-0.4, -0.2) is 119 Å². The average Bonchev–Trinajstić information content (AvgIpc) is 3.02.